The molecule has 0 saturated heterocycles. The SMILES string of the molecule is O=C(Cc1ccccc1)NCc1nc(-c2ccc3c(c2)nnn3C2CCCC2)no1. The van der Waals surface area contributed by atoms with Gasteiger partial charge in [0.05, 0.1) is 24.5 Å². The fraction of sp³-hybridized carbons (Fsp3) is 0.318. The van der Waals surface area contributed by atoms with Crippen molar-refractivity contribution in [3.05, 3.63) is 60.0 Å². The van der Waals surface area contributed by atoms with Crippen LogP contribution in [0.2, 0.25) is 0 Å². The number of carbonyl (C=O) groups excluding carboxylic acids is 1. The van der Waals surface area contributed by atoms with E-state index in [4.69, 9.17) is 4.52 Å². The number of amides is 1. The number of hydrogen-bond donors (Lipinski definition) is 1. The van der Waals surface area contributed by atoms with Crippen LogP contribution >= 0.6 is 0 Å². The van der Waals surface area contributed by atoms with Gasteiger partial charge in [-0.1, -0.05) is 53.5 Å². The van der Waals surface area contributed by atoms with E-state index < -0.39 is 0 Å². The van der Waals surface area contributed by atoms with Crippen LogP contribution in [0.15, 0.2) is 53.1 Å². The van der Waals surface area contributed by atoms with Gasteiger partial charge in [-0.15, -0.1) is 5.10 Å². The first kappa shape index (κ1) is 18.5. The summed E-state index contributed by atoms with van der Waals surface area (Å²) in [5, 5.41) is 15.5. The molecule has 1 aliphatic carbocycles. The minimum atomic E-state index is -0.0918. The lowest BCUT2D eigenvalue weighted by atomic mass is 10.1. The lowest BCUT2D eigenvalue weighted by molar-refractivity contribution is -0.120. The van der Waals surface area contributed by atoms with Crippen LogP contribution in [0.5, 0.6) is 0 Å². The second-order valence-corrected chi connectivity index (χ2v) is 7.63. The van der Waals surface area contributed by atoms with Gasteiger partial charge >= 0.3 is 0 Å². The second-order valence-electron chi connectivity index (χ2n) is 7.63. The average Bonchev–Trinajstić information content (AvgIpc) is 3.52. The minimum absolute atomic E-state index is 0.0918. The number of fused-ring (bicyclic) bond motifs is 1. The quantitative estimate of drug-likeness (QED) is 0.530. The molecule has 2 aromatic carbocycles. The summed E-state index contributed by atoms with van der Waals surface area (Å²) in [4.78, 5) is 16.5. The van der Waals surface area contributed by atoms with Gasteiger partial charge in [0.25, 0.3) is 0 Å². The lowest BCUT2D eigenvalue weighted by Gasteiger charge is -2.09. The van der Waals surface area contributed by atoms with Crippen molar-refractivity contribution in [2.75, 3.05) is 0 Å². The van der Waals surface area contributed by atoms with E-state index in [1.54, 1.807) is 0 Å². The molecule has 2 aromatic heterocycles. The van der Waals surface area contributed by atoms with Crippen LogP contribution in [-0.2, 0) is 17.8 Å². The molecule has 1 saturated carbocycles. The largest absolute Gasteiger partial charge is 0.347 e. The number of aromatic nitrogens is 5. The van der Waals surface area contributed by atoms with Crippen LogP contribution in [0.25, 0.3) is 22.4 Å². The minimum Gasteiger partial charge on any atom is -0.347 e. The molecule has 1 fully saturated rings. The highest BCUT2D eigenvalue weighted by Gasteiger charge is 2.20. The molecule has 1 amide bonds. The second kappa shape index (κ2) is 8.06. The van der Waals surface area contributed by atoms with Gasteiger partial charge < -0.3 is 9.84 Å². The molecule has 5 rings (SSSR count). The van der Waals surface area contributed by atoms with Crippen molar-refractivity contribution in [1.82, 2.24) is 30.5 Å². The van der Waals surface area contributed by atoms with Gasteiger partial charge in [0.1, 0.15) is 5.52 Å². The van der Waals surface area contributed by atoms with Gasteiger partial charge in [-0.2, -0.15) is 4.98 Å². The first-order valence-electron chi connectivity index (χ1n) is 10.2. The molecule has 2 heterocycles. The molecule has 0 radical (unpaired) electrons. The Morgan fingerprint density at radius 1 is 1.13 bits per heavy atom. The fourth-order valence-electron chi connectivity index (χ4n) is 3.96. The molecule has 0 unspecified atom stereocenters. The lowest BCUT2D eigenvalue weighted by Crippen LogP contribution is -2.24. The third-order valence-corrected chi connectivity index (χ3v) is 5.51. The van der Waals surface area contributed by atoms with E-state index in [9.17, 15) is 4.79 Å². The van der Waals surface area contributed by atoms with E-state index in [0.29, 0.717) is 24.2 Å². The maximum atomic E-state index is 12.1. The first-order chi connectivity index (χ1) is 14.8. The normalized spacial score (nSPS) is 14.4. The van der Waals surface area contributed by atoms with Gasteiger partial charge in [-0.25, -0.2) is 4.68 Å². The van der Waals surface area contributed by atoms with E-state index in [1.807, 2.05) is 53.2 Å². The highest BCUT2D eigenvalue weighted by molar-refractivity contribution is 5.80. The van der Waals surface area contributed by atoms with Crippen molar-refractivity contribution < 1.29 is 9.32 Å². The Balaban J connectivity index is 1.25. The van der Waals surface area contributed by atoms with Crippen LogP contribution < -0.4 is 5.32 Å². The maximum Gasteiger partial charge on any atom is 0.246 e. The summed E-state index contributed by atoms with van der Waals surface area (Å²) in [6.07, 6.45) is 5.12. The van der Waals surface area contributed by atoms with Crippen LogP contribution in [0, 0.1) is 0 Å². The number of carbonyl (C=O) groups is 1. The van der Waals surface area contributed by atoms with Crippen LogP contribution in [0.1, 0.15) is 43.2 Å². The van der Waals surface area contributed by atoms with E-state index in [2.05, 4.69) is 25.8 Å². The Morgan fingerprint density at radius 3 is 2.80 bits per heavy atom. The zero-order valence-electron chi connectivity index (χ0n) is 16.5. The Hall–Kier alpha value is -3.55. The van der Waals surface area contributed by atoms with Crippen molar-refractivity contribution >= 4 is 16.9 Å². The molecule has 1 N–H and O–H groups in total. The summed E-state index contributed by atoms with van der Waals surface area (Å²) < 4.78 is 7.34. The molecule has 8 heteroatoms. The van der Waals surface area contributed by atoms with Gasteiger partial charge in [0.15, 0.2) is 0 Å². The highest BCUT2D eigenvalue weighted by Crippen LogP contribution is 2.31. The number of nitrogens with zero attached hydrogens (tertiary/aromatic N) is 5. The van der Waals surface area contributed by atoms with Gasteiger partial charge in [0.2, 0.25) is 17.6 Å². The number of hydrogen-bond acceptors (Lipinski definition) is 6. The first-order valence-corrected chi connectivity index (χ1v) is 10.2. The van der Waals surface area contributed by atoms with E-state index in [-0.39, 0.29) is 12.5 Å². The van der Waals surface area contributed by atoms with Gasteiger partial charge in [0, 0.05) is 5.56 Å². The molecule has 0 spiro atoms. The fourth-order valence-corrected chi connectivity index (χ4v) is 3.96. The Bertz CT molecular complexity index is 1160. The molecule has 0 aliphatic heterocycles. The molecule has 0 bridgehead atoms. The zero-order chi connectivity index (χ0) is 20.3. The average molecular weight is 402 g/mol. The van der Waals surface area contributed by atoms with Crippen molar-refractivity contribution in [1.29, 1.82) is 0 Å². The molecule has 4 aromatic rings. The maximum absolute atomic E-state index is 12.1. The van der Waals surface area contributed by atoms with Gasteiger partial charge in [-0.3, -0.25) is 4.79 Å². The molecular weight excluding hydrogens is 380 g/mol. The van der Waals surface area contributed by atoms with Crippen molar-refractivity contribution in [3.63, 3.8) is 0 Å². The highest BCUT2D eigenvalue weighted by atomic mass is 16.5. The topological polar surface area (TPSA) is 98.7 Å². The summed E-state index contributed by atoms with van der Waals surface area (Å²) in [5.41, 5.74) is 3.62. The monoisotopic (exact) mass is 402 g/mol. The zero-order valence-corrected chi connectivity index (χ0v) is 16.5. The van der Waals surface area contributed by atoms with Crippen molar-refractivity contribution in [2.24, 2.45) is 0 Å². The summed E-state index contributed by atoms with van der Waals surface area (Å²) in [7, 11) is 0. The third-order valence-electron chi connectivity index (χ3n) is 5.51. The smallest absolute Gasteiger partial charge is 0.246 e. The molecule has 0 atom stereocenters. The molecule has 30 heavy (non-hydrogen) atoms. The predicted molar refractivity (Wildman–Crippen MR) is 110 cm³/mol. The molecule has 1 aliphatic rings. The van der Waals surface area contributed by atoms with E-state index >= 15 is 0 Å². The molecular formula is C22H22N6O2. The number of benzene rings is 2. The summed E-state index contributed by atoms with van der Waals surface area (Å²) in [6, 6.07) is 15.9. The Labute approximate surface area is 173 Å². The van der Waals surface area contributed by atoms with Crippen LogP contribution in [0.4, 0.5) is 0 Å². The van der Waals surface area contributed by atoms with Crippen molar-refractivity contribution in [3.8, 4) is 11.4 Å². The van der Waals surface area contributed by atoms with Crippen molar-refractivity contribution in [2.45, 2.75) is 44.7 Å². The van der Waals surface area contributed by atoms with Crippen LogP contribution in [-0.4, -0.2) is 31.0 Å². The standard InChI is InChI=1S/C22H22N6O2/c29-20(12-15-6-2-1-3-7-15)23-14-21-24-22(26-30-21)16-10-11-19-18(13-16)25-27-28(19)17-8-4-5-9-17/h1-3,6-7,10-11,13,17H,4-5,8-9,12,14H2,(H,23,29). The molecule has 8 nitrogen and oxygen atoms in total. The summed E-state index contributed by atoms with van der Waals surface area (Å²) in [6.45, 7) is 0.193. The Morgan fingerprint density at radius 2 is 1.97 bits per heavy atom. The number of nitrogens with one attached hydrogen (secondary N) is 1. The Kier molecular flexibility index (Phi) is 4.96. The summed E-state index contributed by atoms with van der Waals surface area (Å²) >= 11 is 0. The molecule has 152 valence electrons. The van der Waals surface area contributed by atoms with E-state index in [0.717, 1.165) is 35.0 Å². The third kappa shape index (κ3) is 3.80. The number of rotatable bonds is 6. The van der Waals surface area contributed by atoms with Crippen LogP contribution in [0.3, 0.4) is 0 Å². The van der Waals surface area contributed by atoms with Gasteiger partial charge in [-0.05, 0) is 36.6 Å². The van der Waals surface area contributed by atoms with E-state index in [1.165, 1.54) is 12.8 Å². The predicted octanol–water partition coefficient (Wildman–Crippen LogP) is 3.46. The summed E-state index contributed by atoms with van der Waals surface area (Å²) in [5.74, 6) is 0.742.